The molecule has 0 saturated carbocycles. The maximum atomic E-state index is 8.67. The van der Waals surface area contributed by atoms with Crippen molar-refractivity contribution in [3.8, 4) is 11.5 Å². The quantitative estimate of drug-likeness (QED) is 0.614. The summed E-state index contributed by atoms with van der Waals surface area (Å²) in [5, 5.41) is 17.3. The Hall–Kier alpha value is -1.26. The van der Waals surface area contributed by atoms with Gasteiger partial charge in [-0.05, 0) is 32.9 Å². The summed E-state index contributed by atoms with van der Waals surface area (Å²) in [6.45, 7) is 7.25. The monoisotopic (exact) mass is 228 g/mol. The summed E-state index contributed by atoms with van der Waals surface area (Å²) in [7, 11) is 0. The van der Waals surface area contributed by atoms with E-state index in [2.05, 4.69) is 0 Å². The van der Waals surface area contributed by atoms with Crippen molar-refractivity contribution in [1.82, 2.24) is 0 Å². The molecular weight excluding hydrogens is 208 g/mol. The molecule has 1 aromatic rings. The molecule has 2 N–H and O–H groups in total. The smallest absolute Gasteiger partial charge is 0.157 e. The molecule has 1 rings (SSSR count). The third-order valence-electron chi connectivity index (χ3n) is 1.68. The Morgan fingerprint density at radius 3 is 1.62 bits per heavy atom. The number of aromatic hydroxyl groups is 2. The highest BCUT2D eigenvalue weighted by Gasteiger charge is 1.94. The van der Waals surface area contributed by atoms with Gasteiger partial charge < -0.3 is 19.7 Å². The lowest BCUT2D eigenvalue weighted by molar-refractivity contribution is -0.123. The molecule has 0 fully saturated rings. The highest BCUT2D eigenvalue weighted by Crippen LogP contribution is 2.21. The predicted molar refractivity (Wildman–Crippen MR) is 62.5 cm³/mol. The second-order valence-electron chi connectivity index (χ2n) is 2.97. The molecule has 0 radical (unpaired) electrons. The van der Waals surface area contributed by atoms with Crippen LogP contribution < -0.4 is 0 Å². The summed E-state index contributed by atoms with van der Waals surface area (Å²) in [6, 6.07) is 6.15. The Kier molecular flexibility index (Phi) is 8.29. The van der Waals surface area contributed by atoms with E-state index in [9.17, 15) is 0 Å². The molecule has 0 aliphatic carbocycles. The molecule has 0 bridgehead atoms. The van der Waals surface area contributed by atoms with E-state index in [4.69, 9.17) is 19.7 Å². The number of phenolic OH excluding ortho intramolecular Hbond substituents is 2. The first kappa shape index (κ1) is 14.7. The standard InChI is InChI=1S/C6H6O2.C6H14O2/c7-5-3-1-2-4-6(5)8;1-4-7-6(3)8-5-2/h1-4,7-8H;6H,4-5H2,1-3H3. The van der Waals surface area contributed by atoms with Gasteiger partial charge in [0.15, 0.2) is 17.8 Å². The van der Waals surface area contributed by atoms with Crippen molar-refractivity contribution in [3.05, 3.63) is 24.3 Å². The lowest BCUT2D eigenvalue weighted by Gasteiger charge is -2.09. The third-order valence-corrected chi connectivity index (χ3v) is 1.68. The maximum Gasteiger partial charge on any atom is 0.157 e. The number of hydrogen-bond acceptors (Lipinski definition) is 4. The molecule has 0 aliphatic rings. The molecule has 16 heavy (non-hydrogen) atoms. The van der Waals surface area contributed by atoms with Gasteiger partial charge in [-0.25, -0.2) is 0 Å². The lowest BCUT2D eigenvalue weighted by Crippen LogP contribution is -2.11. The Bertz CT molecular complexity index is 248. The Morgan fingerprint density at radius 2 is 1.38 bits per heavy atom. The number of phenols is 2. The van der Waals surface area contributed by atoms with Gasteiger partial charge in [-0.2, -0.15) is 0 Å². The van der Waals surface area contributed by atoms with Crippen LogP contribution in [0.3, 0.4) is 0 Å². The van der Waals surface area contributed by atoms with E-state index in [0.29, 0.717) is 0 Å². The van der Waals surface area contributed by atoms with Crippen LogP contribution in [0.1, 0.15) is 20.8 Å². The van der Waals surface area contributed by atoms with E-state index in [1.807, 2.05) is 20.8 Å². The minimum absolute atomic E-state index is 0.0370. The third kappa shape index (κ3) is 7.09. The van der Waals surface area contributed by atoms with E-state index < -0.39 is 0 Å². The van der Waals surface area contributed by atoms with Crippen molar-refractivity contribution in [2.45, 2.75) is 27.1 Å². The fourth-order valence-electron chi connectivity index (χ4n) is 0.982. The van der Waals surface area contributed by atoms with E-state index >= 15 is 0 Å². The van der Waals surface area contributed by atoms with Crippen LogP contribution in [0.2, 0.25) is 0 Å². The fourth-order valence-corrected chi connectivity index (χ4v) is 0.982. The van der Waals surface area contributed by atoms with Gasteiger partial charge in [0, 0.05) is 13.2 Å². The van der Waals surface area contributed by atoms with Crippen LogP contribution in [0.25, 0.3) is 0 Å². The topological polar surface area (TPSA) is 58.9 Å². The zero-order chi connectivity index (χ0) is 12.4. The van der Waals surface area contributed by atoms with Gasteiger partial charge in [0.2, 0.25) is 0 Å². The van der Waals surface area contributed by atoms with E-state index in [-0.39, 0.29) is 17.8 Å². The molecule has 0 amide bonds. The van der Waals surface area contributed by atoms with Crippen molar-refractivity contribution in [1.29, 1.82) is 0 Å². The van der Waals surface area contributed by atoms with Gasteiger partial charge in [0.05, 0.1) is 0 Å². The van der Waals surface area contributed by atoms with Crippen LogP contribution in [-0.2, 0) is 9.47 Å². The lowest BCUT2D eigenvalue weighted by atomic mass is 10.3. The van der Waals surface area contributed by atoms with Crippen molar-refractivity contribution < 1.29 is 19.7 Å². The normalized spacial score (nSPS) is 9.75. The van der Waals surface area contributed by atoms with Crippen LogP contribution >= 0.6 is 0 Å². The average Bonchev–Trinajstić information content (AvgIpc) is 2.24. The predicted octanol–water partition coefficient (Wildman–Crippen LogP) is 2.50. The van der Waals surface area contributed by atoms with E-state index in [1.54, 1.807) is 12.1 Å². The van der Waals surface area contributed by atoms with Crippen LogP contribution in [0.4, 0.5) is 0 Å². The zero-order valence-electron chi connectivity index (χ0n) is 10.0. The van der Waals surface area contributed by atoms with Gasteiger partial charge in [0.1, 0.15) is 0 Å². The second kappa shape index (κ2) is 9.00. The van der Waals surface area contributed by atoms with Gasteiger partial charge in [-0.15, -0.1) is 0 Å². The van der Waals surface area contributed by atoms with E-state index in [1.165, 1.54) is 12.1 Å². The summed E-state index contributed by atoms with van der Waals surface area (Å²) in [6.07, 6.45) is -0.0370. The van der Waals surface area contributed by atoms with Gasteiger partial charge in [-0.3, -0.25) is 0 Å². The highest BCUT2D eigenvalue weighted by atomic mass is 16.7. The molecule has 0 unspecified atom stereocenters. The van der Waals surface area contributed by atoms with Gasteiger partial charge in [-0.1, -0.05) is 12.1 Å². The number of benzene rings is 1. The van der Waals surface area contributed by atoms with Gasteiger partial charge >= 0.3 is 0 Å². The van der Waals surface area contributed by atoms with Crippen LogP contribution in [-0.4, -0.2) is 29.7 Å². The largest absolute Gasteiger partial charge is 0.504 e. The molecule has 0 saturated heterocycles. The maximum absolute atomic E-state index is 8.67. The first-order valence-corrected chi connectivity index (χ1v) is 5.31. The van der Waals surface area contributed by atoms with Crippen molar-refractivity contribution in [2.24, 2.45) is 0 Å². The molecule has 0 spiro atoms. The van der Waals surface area contributed by atoms with Crippen molar-refractivity contribution >= 4 is 0 Å². The molecule has 4 nitrogen and oxygen atoms in total. The molecule has 0 aliphatic heterocycles. The van der Waals surface area contributed by atoms with Gasteiger partial charge in [0.25, 0.3) is 0 Å². The SMILES string of the molecule is CCOC(C)OCC.Oc1ccccc1O. The Labute approximate surface area is 96.4 Å². The minimum Gasteiger partial charge on any atom is -0.504 e. The summed E-state index contributed by atoms with van der Waals surface area (Å²) in [5.41, 5.74) is 0. The Balaban J connectivity index is 0.000000281. The summed E-state index contributed by atoms with van der Waals surface area (Å²) < 4.78 is 10.1. The molecule has 0 atom stereocenters. The first-order chi connectivity index (χ1) is 7.61. The van der Waals surface area contributed by atoms with Crippen molar-refractivity contribution in [3.63, 3.8) is 0 Å². The molecule has 4 heteroatoms. The fraction of sp³-hybridized carbons (Fsp3) is 0.500. The second-order valence-corrected chi connectivity index (χ2v) is 2.97. The van der Waals surface area contributed by atoms with Crippen LogP contribution in [0.15, 0.2) is 24.3 Å². The number of rotatable bonds is 4. The molecule has 92 valence electrons. The molecular formula is C12H20O4. The van der Waals surface area contributed by atoms with Crippen LogP contribution in [0, 0.1) is 0 Å². The number of hydrogen-bond donors (Lipinski definition) is 2. The zero-order valence-corrected chi connectivity index (χ0v) is 10.0. The first-order valence-electron chi connectivity index (χ1n) is 5.31. The molecule has 0 heterocycles. The Morgan fingerprint density at radius 1 is 1.00 bits per heavy atom. The summed E-state index contributed by atoms with van der Waals surface area (Å²) in [5.74, 6) is -0.153. The molecule has 0 aromatic heterocycles. The van der Waals surface area contributed by atoms with Crippen molar-refractivity contribution in [2.75, 3.05) is 13.2 Å². The number of para-hydroxylation sites is 2. The van der Waals surface area contributed by atoms with E-state index in [0.717, 1.165) is 13.2 Å². The highest BCUT2D eigenvalue weighted by molar-refractivity contribution is 5.36. The molecule has 1 aromatic carbocycles. The average molecular weight is 228 g/mol. The number of ether oxygens (including phenoxy) is 2. The summed E-state index contributed by atoms with van der Waals surface area (Å²) in [4.78, 5) is 0. The minimum atomic E-state index is -0.0764. The summed E-state index contributed by atoms with van der Waals surface area (Å²) >= 11 is 0. The van der Waals surface area contributed by atoms with Crippen LogP contribution in [0.5, 0.6) is 11.5 Å².